The van der Waals surface area contributed by atoms with Gasteiger partial charge in [0.1, 0.15) is 37.3 Å². The third-order valence-electron chi connectivity index (χ3n) is 7.73. The average Bonchev–Trinajstić information content (AvgIpc) is 3.10. The van der Waals surface area contributed by atoms with Gasteiger partial charge in [-0.3, -0.25) is 0 Å². The quantitative estimate of drug-likeness (QED) is 0.151. The summed E-state index contributed by atoms with van der Waals surface area (Å²) in [6.07, 6.45) is 0.623. The van der Waals surface area contributed by atoms with Gasteiger partial charge in [-0.05, 0) is 42.8 Å². The number of para-hydroxylation sites is 3. The molecule has 0 saturated heterocycles. The Balaban J connectivity index is 1.30. The number of benzene rings is 3. The van der Waals surface area contributed by atoms with Crippen LogP contribution in [-0.2, 0) is 0 Å². The number of rotatable bonds is 13. The van der Waals surface area contributed by atoms with Crippen LogP contribution in [0.5, 0.6) is 18.0 Å². The third kappa shape index (κ3) is 6.26. The van der Waals surface area contributed by atoms with Crippen LogP contribution in [0.4, 0.5) is 17.5 Å². The van der Waals surface area contributed by atoms with Gasteiger partial charge in [-0.25, -0.2) is 0 Å². The van der Waals surface area contributed by atoms with E-state index in [-0.39, 0.29) is 37.9 Å². The molecule has 3 aromatic heterocycles. The number of aromatic nitrogens is 6. The van der Waals surface area contributed by atoms with Gasteiger partial charge in [-0.2, -0.15) is 29.9 Å². The molecular weight excluding hydrogens is 570 g/mol. The van der Waals surface area contributed by atoms with Gasteiger partial charge < -0.3 is 30.2 Å². The zero-order valence-electron chi connectivity index (χ0n) is 25.7. The van der Waals surface area contributed by atoms with Crippen molar-refractivity contribution in [3.63, 3.8) is 0 Å². The minimum absolute atomic E-state index is 0.184. The summed E-state index contributed by atoms with van der Waals surface area (Å²) in [5, 5.41) is 12.1. The fraction of sp³-hybridized carbons (Fsp3) is 0.273. The molecule has 6 rings (SSSR count). The van der Waals surface area contributed by atoms with E-state index < -0.39 is 5.41 Å². The molecule has 45 heavy (non-hydrogen) atoms. The summed E-state index contributed by atoms with van der Waals surface area (Å²) in [5.41, 5.74) is 1.64. The smallest absolute Gasteiger partial charge is 0.318 e. The Bertz CT molecular complexity index is 1730. The van der Waals surface area contributed by atoms with E-state index in [4.69, 9.17) is 14.2 Å². The van der Waals surface area contributed by atoms with E-state index in [1.807, 2.05) is 93.9 Å². The van der Waals surface area contributed by atoms with Crippen molar-refractivity contribution in [1.29, 1.82) is 0 Å². The molecule has 3 N–H and O–H groups in total. The first-order valence-corrected chi connectivity index (χ1v) is 14.8. The molecule has 6 aromatic rings. The minimum Gasteiger partial charge on any atom is -0.463 e. The molecule has 0 unspecified atom stereocenters. The molecule has 0 radical (unpaired) electrons. The Hall–Kier alpha value is -5.52. The Morgan fingerprint density at radius 2 is 0.800 bits per heavy atom. The molecule has 0 saturated carbocycles. The fourth-order valence-corrected chi connectivity index (χ4v) is 5.02. The topological polar surface area (TPSA) is 141 Å². The number of nitrogens with zero attached hydrogens (tertiary/aromatic N) is 6. The van der Waals surface area contributed by atoms with Gasteiger partial charge >= 0.3 is 18.0 Å². The van der Waals surface area contributed by atoms with E-state index >= 15 is 0 Å². The summed E-state index contributed by atoms with van der Waals surface area (Å²) in [4.78, 5) is 27.8. The van der Waals surface area contributed by atoms with Crippen molar-refractivity contribution in [1.82, 2.24) is 29.9 Å². The molecule has 0 aliphatic rings. The lowest BCUT2D eigenvalue weighted by Gasteiger charge is -2.31. The summed E-state index contributed by atoms with van der Waals surface area (Å²) in [6.45, 7) is 2.61. The largest absolute Gasteiger partial charge is 0.463 e. The van der Waals surface area contributed by atoms with Crippen LogP contribution >= 0.6 is 0 Å². The van der Waals surface area contributed by atoms with Crippen molar-refractivity contribution in [2.45, 2.75) is 13.3 Å². The Labute approximate surface area is 260 Å². The lowest BCUT2D eigenvalue weighted by molar-refractivity contribution is 0.0208. The van der Waals surface area contributed by atoms with Crippen molar-refractivity contribution in [2.24, 2.45) is 5.41 Å². The third-order valence-corrected chi connectivity index (χ3v) is 7.73. The highest BCUT2D eigenvalue weighted by Gasteiger charge is 2.34. The minimum atomic E-state index is -0.682. The van der Waals surface area contributed by atoms with E-state index in [0.717, 1.165) is 32.7 Å². The molecule has 12 nitrogen and oxygen atoms in total. The highest BCUT2D eigenvalue weighted by molar-refractivity contribution is 5.90. The second kappa shape index (κ2) is 13.0. The van der Waals surface area contributed by atoms with E-state index in [1.54, 1.807) is 0 Å². The maximum atomic E-state index is 6.29. The van der Waals surface area contributed by atoms with Crippen LogP contribution in [0.15, 0.2) is 72.8 Å². The first-order valence-electron chi connectivity index (χ1n) is 14.8. The van der Waals surface area contributed by atoms with E-state index in [0.29, 0.717) is 23.9 Å². The summed E-state index contributed by atoms with van der Waals surface area (Å²) in [5.74, 6) is 2.04. The monoisotopic (exact) mass is 605 g/mol. The molecule has 0 amide bonds. The molecule has 0 aliphatic carbocycles. The van der Waals surface area contributed by atoms with Crippen molar-refractivity contribution in [3.05, 3.63) is 72.8 Å². The van der Waals surface area contributed by atoms with Crippen molar-refractivity contribution < 1.29 is 14.2 Å². The number of ether oxygens (including phenoxy) is 3. The van der Waals surface area contributed by atoms with Crippen LogP contribution < -0.4 is 30.2 Å². The molecule has 0 aliphatic heterocycles. The second-order valence-corrected chi connectivity index (χ2v) is 10.6. The van der Waals surface area contributed by atoms with Crippen LogP contribution in [0, 0.1) is 5.41 Å². The number of anilines is 3. The number of fused-ring (bicyclic) bond motifs is 3. The SMILES string of the molecule is CCC(COc1nc(NC)c2ccccc2n1)(COc1nc(NC)c2ccccc2n1)COc1nc(NC)c2ccccc2n1. The van der Waals surface area contributed by atoms with Gasteiger partial charge in [-0.15, -0.1) is 0 Å². The number of nitrogens with one attached hydrogen (secondary N) is 3. The Morgan fingerprint density at radius 1 is 0.489 bits per heavy atom. The van der Waals surface area contributed by atoms with Gasteiger partial charge in [0.25, 0.3) is 0 Å². The summed E-state index contributed by atoms with van der Waals surface area (Å²) in [6, 6.07) is 24.1. The molecule has 3 heterocycles. The Kier molecular flexibility index (Phi) is 8.54. The molecule has 0 atom stereocenters. The van der Waals surface area contributed by atoms with Gasteiger partial charge in [-0.1, -0.05) is 43.3 Å². The van der Waals surface area contributed by atoms with Crippen LogP contribution in [-0.4, -0.2) is 70.9 Å². The van der Waals surface area contributed by atoms with Gasteiger partial charge in [0.2, 0.25) is 0 Å². The predicted molar refractivity (Wildman–Crippen MR) is 176 cm³/mol. The van der Waals surface area contributed by atoms with Crippen LogP contribution in [0.25, 0.3) is 32.7 Å². The highest BCUT2D eigenvalue weighted by atomic mass is 16.5. The predicted octanol–water partition coefficient (Wildman–Crippen LogP) is 5.57. The highest BCUT2D eigenvalue weighted by Crippen LogP contribution is 2.30. The maximum absolute atomic E-state index is 6.29. The zero-order valence-corrected chi connectivity index (χ0v) is 25.7. The zero-order chi connectivity index (χ0) is 31.2. The first kappa shape index (κ1) is 29.5. The normalized spacial score (nSPS) is 11.5. The van der Waals surface area contributed by atoms with Crippen LogP contribution in [0.3, 0.4) is 0 Å². The van der Waals surface area contributed by atoms with E-state index in [9.17, 15) is 0 Å². The van der Waals surface area contributed by atoms with E-state index in [1.165, 1.54) is 0 Å². The molecule has 3 aromatic carbocycles. The number of hydrogen-bond acceptors (Lipinski definition) is 12. The maximum Gasteiger partial charge on any atom is 0.318 e. The van der Waals surface area contributed by atoms with Crippen molar-refractivity contribution >= 4 is 50.2 Å². The molecule has 230 valence electrons. The standard InChI is InChI=1S/C33H35N9O3/c1-5-33(18-43-30-37-24-15-9-6-12-21(24)27(34-2)40-30,19-44-31-38-25-16-10-7-13-22(25)28(35-3)41-31)20-45-32-39-26-17-11-8-14-23(26)29(36-4)42-32/h6-17H,5,18-20H2,1-4H3,(H,34,37,40)(H,35,38,41)(H,36,39,42). The summed E-state index contributed by atoms with van der Waals surface area (Å²) >= 11 is 0. The molecule has 0 fully saturated rings. The lowest BCUT2D eigenvalue weighted by Crippen LogP contribution is -2.40. The van der Waals surface area contributed by atoms with Gasteiger partial charge in [0.15, 0.2) is 0 Å². The summed E-state index contributed by atoms with van der Waals surface area (Å²) < 4.78 is 18.9. The lowest BCUT2D eigenvalue weighted by atomic mass is 9.88. The molecule has 0 spiro atoms. The Morgan fingerprint density at radius 3 is 1.09 bits per heavy atom. The van der Waals surface area contributed by atoms with Gasteiger partial charge in [0, 0.05) is 37.3 Å². The molecule has 12 heteroatoms. The average molecular weight is 606 g/mol. The van der Waals surface area contributed by atoms with Crippen molar-refractivity contribution in [2.75, 3.05) is 56.9 Å². The molecular formula is C33H35N9O3. The van der Waals surface area contributed by atoms with Crippen LogP contribution in [0.2, 0.25) is 0 Å². The van der Waals surface area contributed by atoms with Crippen LogP contribution in [0.1, 0.15) is 13.3 Å². The van der Waals surface area contributed by atoms with Gasteiger partial charge in [0.05, 0.1) is 22.0 Å². The fourth-order valence-electron chi connectivity index (χ4n) is 5.02. The van der Waals surface area contributed by atoms with Crippen molar-refractivity contribution in [3.8, 4) is 18.0 Å². The second-order valence-electron chi connectivity index (χ2n) is 10.6. The first-order chi connectivity index (χ1) is 22.0. The number of hydrogen-bond donors (Lipinski definition) is 3. The molecule has 0 bridgehead atoms. The van der Waals surface area contributed by atoms with E-state index in [2.05, 4.69) is 52.8 Å². The summed E-state index contributed by atoms with van der Waals surface area (Å²) in [7, 11) is 5.47.